The Hall–Kier alpha value is -1.10. The quantitative estimate of drug-likeness (QED) is 0.669. The van der Waals surface area contributed by atoms with Crippen molar-refractivity contribution in [1.29, 1.82) is 0 Å². The normalized spacial score (nSPS) is 14.1. The number of carboxylic acids is 1. The van der Waals surface area contributed by atoms with Crippen LogP contribution in [-0.2, 0) is 9.59 Å². The molecule has 0 aliphatic heterocycles. The number of nitrogens with two attached hydrogens (primary N) is 1. The highest BCUT2D eigenvalue weighted by atomic mass is 16.4. The third kappa shape index (κ3) is 5.68. The molecule has 0 fully saturated rings. The number of hydrogen-bond donors (Lipinski definition) is 2. The molecule has 2 atom stereocenters. The summed E-state index contributed by atoms with van der Waals surface area (Å²) in [6, 6.07) is -0.715. The van der Waals surface area contributed by atoms with Gasteiger partial charge in [0.1, 0.15) is 6.04 Å². The molecule has 0 aromatic carbocycles. The average Bonchev–Trinajstić information content (AvgIpc) is 2.26. The maximum Gasteiger partial charge on any atom is 0.326 e. The predicted octanol–water partition coefficient (Wildman–Crippen LogP) is 1.07. The van der Waals surface area contributed by atoms with Crippen LogP contribution in [0.4, 0.5) is 0 Å². The van der Waals surface area contributed by atoms with Crippen LogP contribution in [0.2, 0.25) is 0 Å². The Balaban J connectivity index is 4.17. The maximum atomic E-state index is 11.8. The fourth-order valence-corrected chi connectivity index (χ4v) is 1.76. The highest BCUT2D eigenvalue weighted by Crippen LogP contribution is 2.12. The lowest BCUT2D eigenvalue weighted by atomic mass is 10.0. The number of carbonyl (C=O) groups is 2. The second-order valence-corrected chi connectivity index (χ2v) is 4.49. The van der Waals surface area contributed by atoms with Gasteiger partial charge in [-0.05, 0) is 31.7 Å². The molecule has 0 radical (unpaired) electrons. The molecule has 0 aliphatic rings. The largest absolute Gasteiger partial charge is 0.480 e. The lowest BCUT2D eigenvalue weighted by molar-refractivity contribution is -0.149. The zero-order chi connectivity index (χ0) is 13.4. The van der Waals surface area contributed by atoms with Crippen LogP contribution >= 0.6 is 0 Å². The van der Waals surface area contributed by atoms with Gasteiger partial charge < -0.3 is 15.7 Å². The van der Waals surface area contributed by atoms with E-state index in [1.54, 1.807) is 14.0 Å². The van der Waals surface area contributed by atoms with Gasteiger partial charge in [-0.2, -0.15) is 0 Å². The molecule has 0 bridgehead atoms. The van der Waals surface area contributed by atoms with E-state index in [0.29, 0.717) is 25.3 Å². The van der Waals surface area contributed by atoms with Crippen molar-refractivity contribution in [2.24, 2.45) is 11.7 Å². The molecule has 0 spiro atoms. The van der Waals surface area contributed by atoms with Gasteiger partial charge >= 0.3 is 5.97 Å². The molecule has 5 nitrogen and oxygen atoms in total. The summed E-state index contributed by atoms with van der Waals surface area (Å²) < 4.78 is 0. The summed E-state index contributed by atoms with van der Waals surface area (Å²) in [5, 5.41) is 8.94. The van der Waals surface area contributed by atoms with Gasteiger partial charge in [-0.25, -0.2) is 4.79 Å². The zero-order valence-corrected chi connectivity index (χ0v) is 11.0. The fraction of sp³-hybridized carbons (Fsp3) is 0.833. The van der Waals surface area contributed by atoms with E-state index in [2.05, 4.69) is 6.92 Å². The molecule has 0 aromatic rings. The Morgan fingerprint density at radius 1 is 1.35 bits per heavy atom. The van der Waals surface area contributed by atoms with Crippen molar-refractivity contribution in [3.8, 4) is 0 Å². The molecule has 5 heteroatoms. The molecule has 17 heavy (non-hydrogen) atoms. The van der Waals surface area contributed by atoms with Gasteiger partial charge in [0.25, 0.3) is 0 Å². The smallest absolute Gasteiger partial charge is 0.326 e. The Morgan fingerprint density at radius 2 is 1.94 bits per heavy atom. The van der Waals surface area contributed by atoms with Crippen LogP contribution in [0, 0.1) is 5.92 Å². The van der Waals surface area contributed by atoms with Crippen LogP contribution in [0.1, 0.15) is 39.5 Å². The second kappa shape index (κ2) is 8.06. The number of hydrogen-bond acceptors (Lipinski definition) is 3. The Morgan fingerprint density at radius 3 is 2.35 bits per heavy atom. The van der Waals surface area contributed by atoms with Crippen molar-refractivity contribution in [1.82, 2.24) is 4.90 Å². The standard InChI is InChI=1S/C12H24N2O3/c1-4-10(12(16)17)14(3)11(15)6-5-9(2)7-8-13/h9-10H,4-8,13H2,1-3H3,(H,16,17). The van der Waals surface area contributed by atoms with Gasteiger partial charge in [-0.1, -0.05) is 13.8 Å². The van der Waals surface area contributed by atoms with Crippen LogP contribution < -0.4 is 5.73 Å². The number of nitrogens with zero attached hydrogens (tertiary/aromatic N) is 1. The van der Waals surface area contributed by atoms with Crippen LogP contribution in [0.5, 0.6) is 0 Å². The predicted molar refractivity (Wildman–Crippen MR) is 66.6 cm³/mol. The summed E-state index contributed by atoms with van der Waals surface area (Å²) in [6.45, 7) is 4.44. The first-order chi connectivity index (χ1) is 7.93. The van der Waals surface area contributed by atoms with Crippen molar-refractivity contribution in [2.45, 2.75) is 45.6 Å². The zero-order valence-electron chi connectivity index (χ0n) is 11.0. The van der Waals surface area contributed by atoms with Crippen molar-refractivity contribution < 1.29 is 14.7 Å². The van der Waals surface area contributed by atoms with E-state index >= 15 is 0 Å². The van der Waals surface area contributed by atoms with Gasteiger partial charge in [0.05, 0.1) is 0 Å². The number of aliphatic carboxylic acids is 1. The highest BCUT2D eigenvalue weighted by Gasteiger charge is 2.24. The lowest BCUT2D eigenvalue weighted by Crippen LogP contribution is -2.42. The van der Waals surface area contributed by atoms with Gasteiger partial charge in [-0.15, -0.1) is 0 Å². The minimum Gasteiger partial charge on any atom is -0.480 e. The van der Waals surface area contributed by atoms with E-state index in [1.807, 2.05) is 0 Å². The molecule has 0 saturated heterocycles. The van der Waals surface area contributed by atoms with E-state index in [4.69, 9.17) is 10.8 Å². The number of carbonyl (C=O) groups excluding carboxylic acids is 1. The Labute approximate surface area is 103 Å². The molecular weight excluding hydrogens is 220 g/mol. The minimum absolute atomic E-state index is 0.108. The Kier molecular flexibility index (Phi) is 7.54. The third-order valence-corrected chi connectivity index (χ3v) is 3.04. The first-order valence-corrected chi connectivity index (χ1v) is 6.12. The molecular formula is C12H24N2O3. The second-order valence-electron chi connectivity index (χ2n) is 4.49. The van der Waals surface area contributed by atoms with Crippen LogP contribution in [0.25, 0.3) is 0 Å². The maximum absolute atomic E-state index is 11.8. The Bertz CT molecular complexity index is 256. The van der Waals surface area contributed by atoms with Crippen LogP contribution in [-0.4, -0.2) is 41.5 Å². The number of amides is 1. The van der Waals surface area contributed by atoms with E-state index < -0.39 is 12.0 Å². The molecule has 0 saturated carbocycles. The van der Waals surface area contributed by atoms with Crippen LogP contribution in [0.15, 0.2) is 0 Å². The minimum atomic E-state index is -0.946. The first-order valence-electron chi connectivity index (χ1n) is 6.12. The number of rotatable bonds is 8. The molecule has 1 amide bonds. The third-order valence-electron chi connectivity index (χ3n) is 3.04. The molecule has 0 rings (SSSR count). The molecule has 100 valence electrons. The molecule has 3 N–H and O–H groups in total. The topological polar surface area (TPSA) is 83.6 Å². The summed E-state index contributed by atoms with van der Waals surface area (Å²) in [6.07, 6.45) is 2.47. The monoisotopic (exact) mass is 244 g/mol. The van der Waals surface area contributed by atoms with Gasteiger partial charge in [0, 0.05) is 13.5 Å². The van der Waals surface area contributed by atoms with Gasteiger partial charge in [-0.3, -0.25) is 4.79 Å². The summed E-state index contributed by atoms with van der Waals surface area (Å²) in [7, 11) is 1.55. The van der Waals surface area contributed by atoms with E-state index in [1.165, 1.54) is 4.90 Å². The van der Waals surface area contributed by atoms with E-state index in [-0.39, 0.29) is 5.91 Å². The first kappa shape index (κ1) is 15.9. The average molecular weight is 244 g/mol. The lowest BCUT2D eigenvalue weighted by Gasteiger charge is -2.24. The van der Waals surface area contributed by atoms with Crippen molar-refractivity contribution >= 4 is 11.9 Å². The van der Waals surface area contributed by atoms with Crippen molar-refractivity contribution in [2.75, 3.05) is 13.6 Å². The van der Waals surface area contributed by atoms with Crippen molar-refractivity contribution in [3.63, 3.8) is 0 Å². The number of carboxylic acid groups (broad SMARTS) is 1. The summed E-state index contributed by atoms with van der Waals surface area (Å²) in [5.74, 6) is -0.649. The van der Waals surface area contributed by atoms with Crippen molar-refractivity contribution in [3.05, 3.63) is 0 Å². The van der Waals surface area contributed by atoms with Gasteiger partial charge in [0.15, 0.2) is 0 Å². The fourth-order valence-electron chi connectivity index (χ4n) is 1.76. The molecule has 0 aromatic heterocycles. The van der Waals surface area contributed by atoms with E-state index in [9.17, 15) is 9.59 Å². The molecule has 2 unspecified atom stereocenters. The van der Waals surface area contributed by atoms with Crippen LogP contribution in [0.3, 0.4) is 0 Å². The van der Waals surface area contributed by atoms with E-state index in [0.717, 1.165) is 12.8 Å². The van der Waals surface area contributed by atoms with Gasteiger partial charge in [0.2, 0.25) is 5.91 Å². The number of likely N-dealkylation sites (N-methyl/N-ethyl adjacent to an activating group) is 1. The molecule has 0 aliphatic carbocycles. The summed E-state index contributed by atoms with van der Waals surface area (Å²) in [5.41, 5.74) is 5.43. The summed E-state index contributed by atoms with van der Waals surface area (Å²) >= 11 is 0. The molecule has 0 heterocycles. The summed E-state index contributed by atoms with van der Waals surface area (Å²) in [4.78, 5) is 24.0. The highest BCUT2D eigenvalue weighted by molar-refractivity contribution is 5.83. The SMILES string of the molecule is CCC(C(=O)O)N(C)C(=O)CCC(C)CCN.